The third-order valence-electron chi connectivity index (χ3n) is 4.43. The van der Waals surface area contributed by atoms with E-state index in [0.717, 1.165) is 27.8 Å². The number of amides is 1. The van der Waals surface area contributed by atoms with E-state index in [1.54, 1.807) is 18.3 Å². The van der Waals surface area contributed by atoms with Gasteiger partial charge in [-0.1, -0.05) is 29.4 Å². The van der Waals surface area contributed by atoms with E-state index in [2.05, 4.69) is 10.1 Å². The largest absolute Gasteiger partial charge is 0.380 e. The number of carbonyl (C=O) groups is 1. The maximum atomic E-state index is 11.6. The van der Waals surface area contributed by atoms with Gasteiger partial charge in [0.1, 0.15) is 0 Å². The number of fused-ring (bicyclic) bond motifs is 1. The Bertz CT molecular complexity index is 1130. The van der Waals surface area contributed by atoms with E-state index >= 15 is 0 Å². The molecule has 0 fully saturated rings. The molecular formula is C21H17N4O2. The van der Waals surface area contributed by atoms with Crippen LogP contribution in [-0.4, -0.2) is 16.0 Å². The molecule has 6 heteroatoms. The molecule has 4 N–H and O–H groups in total. The number of aromatic nitrogens is 2. The highest BCUT2D eigenvalue weighted by Crippen LogP contribution is 2.27. The molecule has 6 nitrogen and oxygen atoms in total. The number of benzene rings is 2. The number of carbonyl (C=O) groups excluding carboxylic acids is 1. The Balaban J connectivity index is 1.58. The number of pyridine rings is 1. The van der Waals surface area contributed by atoms with E-state index in [0.29, 0.717) is 23.4 Å². The van der Waals surface area contributed by atoms with Crippen molar-refractivity contribution >= 4 is 22.7 Å². The molecule has 0 atom stereocenters. The number of nitrogen functional groups attached to an aromatic ring is 1. The van der Waals surface area contributed by atoms with Gasteiger partial charge >= 0.3 is 0 Å². The van der Waals surface area contributed by atoms with Gasteiger partial charge in [0.05, 0.1) is 5.39 Å². The van der Waals surface area contributed by atoms with Crippen LogP contribution in [0.15, 0.2) is 65.3 Å². The third-order valence-corrected chi connectivity index (χ3v) is 4.43. The summed E-state index contributed by atoms with van der Waals surface area (Å²) in [6.45, 7) is 0. The maximum absolute atomic E-state index is 11.6. The zero-order valence-electron chi connectivity index (χ0n) is 14.4. The van der Waals surface area contributed by atoms with Crippen LogP contribution in [0.4, 0.5) is 5.82 Å². The summed E-state index contributed by atoms with van der Waals surface area (Å²) in [6, 6.07) is 17.0. The zero-order chi connectivity index (χ0) is 18.8. The highest BCUT2D eigenvalue weighted by Gasteiger charge is 2.10. The van der Waals surface area contributed by atoms with Gasteiger partial charge in [0.2, 0.25) is 5.91 Å². The van der Waals surface area contributed by atoms with Gasteiger partial charge in [-0.2, -0.15) is 0 Å². The molecule has 2 aromatic heterocycles. The smallest absolute Gasteiger partial charge is 0.248 e. The zero-order valence-corrected chi connectivity index (χ0v) is 14.4. The Morgan fingerprint density at radius 2 is 1.89 bits per heavy atom. The summed E-state index contributed by atoms with van der Waals surface area (Å²) in [4.78, 5) is 15.9. The van der Waals surface area contributed by atoms with E-state index in [4.69, 9.17) is 16.0 Å². The Kier molecular flexibility index (Phi) is 4.30. The quantitative estimate of drug-likeness (QED) is 0.569. The van der Waals surface area contributed by atoms with Gasteiger partial charge in [-0.3, -0.25) is 9.78 Å². The fourth-order valence-corrected chi connectivity index (χ4v) is 3.03. The Morgan fingerprint density at radius 3 is 2.74 bits per heavy atom. The maximum Gasteiger partial charge on any atom is 0.248 e. The van der Waals surface area contributed by atoms with Crippen molar-refractivity contribution in [1.29, 1.82) is 0 Å². The first-order valence-electron chi connectivity index (χ1n) is 8.44. The molecule has 0 aliphatic carbocycles. The lowest BCUT2D eigenvalue weighted by atomic mass is 9.99. The van der Waals surface area contributed by atoms with Crippen LogP contribution in [0, 0.1) is 6.42 Å². The molecule has 1 radical (unpaired) electrons. The monoisotopic (exact) mass is 357 g/mol. The molecule has 1 amide bonds. The van der Waals surface area contributed by atoms with Crippen molar-refractivity contribution in [2.75, 3.05) is 5.73 Å². The Morgan fingerprint density at radius 1 is 1.07 bits per heavy atom. The fourth-order valence-electron chi connectivity index (χ4n) is 3.03. The first-order valence-corrected chi connectivity index (χ1v) is 8.44. The highest BCUT2D eigenvalue weighted by molar-refractivity contribution is 5.94. The van der Waals surface area contributed by atoms with Crippen molar-refractivity contribution in [3.05, 3.63) is 84.0 Å². The van der Waals surface area contributed by atoms with Crippen LogP contribution in [0.3, 0.4) is 0 Å². The number of hydrogen-bond acceptors (Lipinski definition) is 5. The molecule has 4 aromatic rings. The molecular weight excluding hydrogens is 340 g/mol. The number of hydrogen-bond donors (Lipinski definition) is 2. The lowest BCUT2D eigenvalue weighted by molar-refractivity contribution is 0.0999. The van der Waals surface area contributed by atoms with Crippen molar-refractivity contribution in [3.8, 4) is 11.1 Å². The average molecular weight is 357 g/mol. The van der Waals surface area contributed by atoms with Crippen LogP contribution in [0.1, 0.15) is 21.6 Å². The number of nitrogens with zero attached hydrogens (tertiary/aromatic N) is 2. The summed E-state index contributed by atoms with van der Waals surface area (Å²) in [5, 5.41) is 4.57. The third kappa shape index (κ3) is 3.37. The molecule has 0 saturated carbocycles. The Labute approximate surface area is 155 Å². The summed E-state index contributed by atoms with van der Waals surface area (Å²) in [7, 11) is 0. The van der Waals surface area contributed by atoms with Gasteiger partial charge in [0.25, 0.3) is 0 Å². The number of anilines is 1. The second kappa shape index (κ2) is 6.92. The topological polar surface area (TPSA) is 108 Å². The van der Waals surface area contributed by atoms with Crippen molar-refractivity contribution < 1.29 is 9.32 Å². The van der Waals surface area contributed by atoms with Gasteiger partial charge in [0.15, 0.2) is 11.4 Å². The minimum Gasteiger partial charge on any atom is -0.380 e. The first kappa shape index (κ1) is 16.8. The van der Waals surface area contributed by atoms with Crippen LogP contribution in [0.25, 0.3) is 22.1 Å². The summed E-state index contributed by atoms with van der Waals surface area (Å²) < 4.78 is 5.24. The summed E-state index contributed by atoms with van der Waals surface area (Å²) in [5.74, 6) is -0.0474. The molecule has 0 unspecified atom stereocenters. The predicted octanol–water partition coefficient (Wildman–Crippen LogP) is 3.37. The van der Waals surface area contributed by atoms with E-state index in [-0.39, 0.29) is 0 Å². The standard InChI is InChI=1S/C21H17N4O2/c22-20-18-8-6-14(12-19(18)27-25-20)15-9-10-24-16(11-15)7-5-13-3-1-2-4-17(13)21(23)26/h1-4,6-12H,5H2,(H2,22,25)(H2,23,26). The van der Waals surface area contributed by atoms with Gasteiger partial charge in [0, 0.05) is 23.9 Å². The molecule has 0 spiro atoms. The number of primary amides is 1. The Hall–Kier alpha value is -3.67. The molecule has 27 heavy (non-hydrogen) atoms. The first-order chi connectivity index (χ1) is 13.1. The van der Waals surface area contributed by atoms with Crippen molar-refractivity contribution in [2.45, 2.75) is 6.42 Å². The SMILES string of the molecule is NC(=O)c1ccccc1C[CH]c1cc(-c2ccc3c(N)noc3c2)ccn1. The lowest BCUT2D eigenvalue weighted by Crippen LogP contribution is -2.13. The van der Waals surface area contributed by atoms with Crippen molar-refractivity contribution in [2.24, 2.45) is 5.73 Å². The number of rotatable bonds is 5. The molecule has 4 rings (SSSR count). The second-order valence-corrected chi connectivity index (χ2v) is 6.18. The van der Waals surface area contributed by atoms with Crippen molar-refractivity contribution in [3.63, 3.8) is 0 Å². The molecule has 2 aromatic carbocycles. The van der Waals surface area contributed by atoms with Crippen LogP contribution < -0.4 is 11.5 Å². The van der Waals surface area contributed by atoms with Gasteiger partial charge in [-0.25, -0.2) is 0 Å². The highest BCUT2D eigenvalue weighted by atomic mass is 16.5. The molecule has 2 heterocycles. The summed E-state index contributed by atoms with van der Waals surface area (Å²) in [5.41, 5.74) is 16.0. The number of nitrogens with two attached hydrogens (primary N) is 2. The second-order valence-electron chi connectivity index (χ2n) is 6.18. The summed E-state index contributed by atoms with van der Waals surface area (Å²) >= 11 is 0. The van der Waals surface area contributed by atoms with E-state index in [9.17, 15) is 4.79 Å². The fraction of sp³-hybridized carbons (Fsp3) is 0.0476. The van der Waals surface area contributed by atoms with Crippen LogP contribution >= 0.6 is 0 Å². The minimum absolute atomic E-state index is 0.383. The molecule has 133 valence electrons. The molecule has 0 aliphatic rings. The average Bonchev–Trinajstić information content (AvgIpc) is 3.07. The molecule has 0 saturated heterocycles. The minimum atomic E-state index is -0.430. The predicted molar refractivity (Wildman–Crippen MR) is 104 cm³/mol. The lowest BCUT2D eigenvalue weighted by Gasteiger charge is -2.07. The van der Waals surface area contributed by atoms with Crippen LogP contribution in [0.5, 0.6) is 0 Å². The van der Waals surface area contributed by atoms with Gasteiger partial charge in [-0.05, 0) is 53.4 Å². The van der Waals surface area contributed by atoms with Crippen LogP contribution in [0.2, 0.25) is 0 Å². The van der Waals surface area contributed by atoms with Gasteiger partial charge in [-0.15, -0.1) is 0 Å². The van der Waals surface area contributed by atoms with E-state index < -0.39 is 5.91 Å². The van der Waals surface area contributed by atoms with E-state index in [1.165, 1.54) is 0 Å². The van der Waals surface area contributed by atoms with Crippen molar-refractivity contribution in [1.82, 2.24) is 10.1 Å². The molecule has 0 bridgehead atoms. The summed E-state index contributed by atoms with van der Waals surface area (Å²) in [6.07, 6.45) is 4.28. The van der Waals surface area contributed by atoms with Crippen LogP contribution in [-0.2, 0) is 6.42 Å². The molecule has 0 aliphatic heterocycles. The van der Waals surface area contributed by atoms with E-state index in [1.807, 2.05) is 48.9 Å². The normalized spacial score (nSPS) is 11.0. The van der Waals surface area contributed by atoms with Gasteiger partial charge < -0.3 is 16.0 Å².